The molecule has 0 saturated carbocycles. The van der Waals surface area contributed by atoms with Crippen LogP contribution in [0.5, 0.6) is 0 Å². The van der Waals surface area contributed by atoms with Gasteiger partial charge in [-0.25, -0.2) is 14.6 Å². The molecular weight excluding hydrogens is 480 g/mol. The fourth-order valence-electron chi connectivity index (χ4n) is 3.98. The molecule has 3 N–H and O–H groups in total. The van der Waals surface area contributed by atoms with Crippen molar-refractivity contribution in [2.24, 2.45) is 0 Å². The Morgan fingerprint density at radius 2 is 1.89 bits per heavy atom. The third-order valence-corrected chi connectivity index (χ3v) is 5.93. The summed E-state index contributed by atoms with van der Waals surface area (Å²) in [5.74, 6) is 0.622. The number of furan rings is 1. The number of aromatic nitrogens is 6. The molecule has 11 heteroatoms. The van der Waals surface area contributed by atoms with Gasteiger partial charge in [0.1, 0.15) is 11.2 Å². The summed E-state index contributed by atoms with van der Waals surface area (Å²) in [6.07, 6.45) is 2.25. The summed E-state index contributed by atoms with van der Waals surface area (Å²) in [5, 5.41) is 12.9. The summed E-state index contributed by atoms with van der Waals surface area (Å²) in [5.41, 5.74) is 8.82. The zero-order chi connectivity index (χ0) is 24.6. The highest BCUT2D eigenvalue weighted by Crippen LogP contribution is 2.27. The number of rotatable bonds is 6. The van der Waals surface area contributed by atoms with Crippen LogP contribution in [-0.4, -0.2) is 35.3 Å². The van der Waals surface area contributed by atoms with Crippen LogP contribution in [0.3, 0.4) is 0 Å². The second kappa shape index (κ2) is 8.82. The van der Waals surface area contributed by atoms with Crippen LogP contribution in [-0.2, 0) is 13.0 Å². The number of hydrogen-bond donors (Lipinski definition) is 2. The smallest absolute Gasteiger partial charge is 0.293 e. The lowest BCUT2D eigenvalue weighted by molar-refractivity contribution is 0.101. The van der Waals surface area contributed by atoms with Crippen LogP contribution in [0.15, 0.2) is 77.4 Å². The van der Waals surface area contributed by atoms with E-state index in [1.54, 1.807) is 41.1 Å². The van der Waals surface area contributed by atoms with Gasteiger partial charge in [-0.3, -0.25) is 4.79 Å². The zero-order valence-electron chi connectivity index (χ0n) is 18.8. The molecule has 2 aromatic carbocycles. The largest absolute Gasteiger partial charge is 0.461 e. The first kappa shape index (κ1) is 21.8. The van der Waals surface area contributed by atoms with Crippen LogP contribution in [0.4, 0.5) is 11.5 Å². The number of hydrogen-bond acceptors (Lipinski definition) is 7. The monoisotopic (exact) mass is 498 g/mol. The number of benzene rings is 2. The molecule has 0 spiro atoms. The van der Waals surface area contributed by atoms with Crippen molar-refractivity contribution in [1.29, 1.82) is 0 Å². The summed E-state index contributed by atoms with van der Waals surface area (Å²) < 4.78 is 8.50. The predicted octanol–water partition coefficient (Wildman–Crippen LogP) is 4.46. The van der Waals surface area contributed by atoms with Crippen molar-refractivity contribution in [3.63, 3.8) is 0 Å². The highest BCUT2D eigenvalue weighted by Gasteiger charge is 2.24. The molecular formula is C25H19ClN8O2. The van der Waals surface area contributed by atoms with Gasteiger partial charge in [0.15, 0.2) is 17.1 Å². The molecule has 6 rings (SSSR count). The first-order valence-electron chi connectivity index (χ1n) is 11.1. The van der Waals surface area contributed by atoms with Gasteiger partial charge in [0, 0.05) is 17.3 Å². The summed E-state index contributed by atoms with van der Waals surface area (Å²) in [4.78, 5) is 22.4. The molecule has 4 heterocycles. The molecule has 10 nitrogen and oxygen atoms in total. The van der Waals surface area contributed by atoms with Gasteiger partial charge in [0.05, 0.1) is 6.26 Å². The molecule has 4 aromatic heterocycles. The number of anilines is 2. The topological polar surface area (TPSA) is 129 Å². The van der Waals surface area contributed by atoms with E-state index in [2.05, 4.69) is 25.5 Å². The first-order valence-corrected chi connectivity index (χ1v) is 11.5. The number of nitrogens with zero attached hydrogens (tertiary/aromatic N) is 6. The quantitative estimate of drug-likeness (QED) is 0.346. The van der Waals surface area contributed by atoms with Crippen LogP contribution in [0.25, 0.3) is 28.3 Å². The van der Waals surface area contributed by atoms with Crippen LogP contribution in [0.1, 0.15) is 16.2 Å². The Morgan fingerprint density at radius 3 is 2.67 bits per heavy atom. The van der Waals surface area contributed by atoms with E-state index >= 15 is 0 Å². The van der Waals surface area contributed by atoms with E-state index in [0.717, 1.165) is 12.0 Å². The Bertz CT molecular complexity index is 1710. The number of nitrogens with two attached hydrogens (primary N) is 1. The van der Waals surface area contributed by atoms with E-state index < -0.39 is 5.91 Å². The van der Waals surface area contributed by atoms with Crippen molar-refractivity contribution < 1.29 is 9.21 Å². The van der Waals surface area contributed by atoms with E-state index in [-0.39, 0.29) is 5.82 Å². The van der Waals surface area contributed by atoms with Crippen molar-refractivity contribution in [3.05, 3.63) is 89.4 Å². The summed E-state index contributed by atoms with van der Waals surface area (Å²) in [7, 11) is 0. The minimum atomic E-state index is -0.502. The Morgan fingerprint density at radius 1 is 1.03 bits per heavy atom. The molecule has 0 bridgehead atoms. The lowest BCUT2D eigenvalue weighted by Crippen LogP contribution is -2.19. The Balaban J connectivity index is 1.47. The summed E-state index contributed by atoms with van der Waals surface area (Å²) in [6, 6.07) is 20.3. The molecule has 1 amide bonds. The number of fused-ring (bicyclic) bond motifs is 3. The van der Waals surface area contributed by atoms with Gasteiger partial charge >= 0.3 is 0 Å². The van der Waals surface area contributed by atoms with E-state index in [0.29, 0.717) is 51.3 Å². The molecule has 178 valence electrons. The summed E-state index contributed by atoms with van der Waals surface area (Å²) >= 11 is 6.07. The fraction of sp³-hybridized carbons (Fsp3) is 0.0800. The third kappa shape index (κ3) is 3.93. The maximum absolute atomic E-state index is 13.3. The Hall–Kier alpha value is -4.70. The van der Waals surface area contributed by atoms with E-state index in [1.807, 2.05) is 30.3 Å². The van der Waals surface area contributed by atoms with Crippen molar-refractivity contribution in [3.8, 4) is 11.6 Å². The van der Waals surface area contributed by atoms with Gasteiger partial charge in [-0.2, -0.15) is 9.61 Å². The van der Waals surface area contributed by atoms with Crippen LogP contribution in [0.2, 0.25) is 5.02 Å². The number of nitrogen functional groups attached to an aromatic ring is 1. The van der Waals surface area contributed by atoms with Gasteiger partial charge in [-0.1, -0.05) is 48.0 Å². The molecule has 0 aliphatic carbocycles. The standard InChI is InChI=1S/C25H19ClN8O2/c26-16-8-4-9-17(14-16)28-25(35)24-30-22-19(23-29-21(32-34(23)24)18-10-5-13-36-18)20(27)33(31-22)12-11-15-6-2-1-3-7-15/h1-10,13-14H,11-12,27H2,(H,28,35). The second-order valence-electron chi connectivity index (χ2n) is 8.09. The van der Waals surface area contributed by atoms with E-state index in [4.69, 9.17) is 21.8 Å². The number of aryl methyl sites for hydroxylation is 2. The number of halogens is 1. The average molecular weight is 499 g/mol. The first-order chi connectivity index (χ1) is 17.6. The Labute approximate surface area is 209 Å². The average Bonchev–Trinajstić information content (AvgIpc) is 3.62. The van der Waals surface area contributed by atoms with E-state index in [9.17, 15) is 4.79 Å². The molecule has 0 atom stereocenters. The van der Waals surface area contributed by atoms with Gasteiger partial charge in [-0.05, 0) is 42.3 Å². The molecule has 6 aromatic rings. The number of nitrogens with one attached hydrogen (secondary N) is 1. The van der Waals surface area contributed by atoms with E-state index in [1.165, 1.54) is 10.8 Å². The fourth-order valence-corrected chi connectivity index (χ4v) is 4.17. The minimum absolute atomic E-state index is 0.00417. The summed E-state index contributed by atoms with van der Waals surface area (Å²) in [6.45, 7) is 0.529. The molecule has 0 fully saturated rings. The van der Waals surface area contributed by atoms with Gasteiger partial charge < -0.3 is 15.5 Å². The predicted molar refractivity (Wildman–Crippen MR) is 136 cm³/mol. The van der Waals surface area contributed by atoms with Gasteiger partial charge in [-0.15, -0.1) is 5.10 Å². The lowest BCUT2D eigenvalue weighted by atomic mass is 10.1. The molecule has 0 radical (unpaired) electrons. The lowest BCUT2D eigenvalue weighted by Gasteiger charge is -2.06. The normalized spacial score (nSPS) is 11.4. The van der Waals surface area contributed by atoms with Gasteiger partial charge in [0.25, 0.3) is 5.91 Å². The SMILES string of the molecule is Nc1c2c(nc(C(=O)Nc3cccc(Cl)c3)n3nc(-c4ccco4)nc23)nn1CCc1ccccc1. The van der Waals surface area contributed by atoms with Crippen molar-refractivity contribution in [1.82, 2.24) is 29.4 Å². The highest BCUT2D eigenvalue weighted by atomic mass is 35.5. The molecule has 36 heavy (non-hydrogen) atoms. The van der Waals surface area contributed by atoms with Crippen LogP contribution < -0.4 is 11.1 Å². The van der Waals surface area contributed by atoms with Crippen molar-refractivity contribution in [2.45, 2.75) is 13.0 Å². The molecule has 0 unspecified atom stereocenters. The van der Waals surface area contributed by atoms with Gasteiger partial charge in [0.2, 0.25) is 11.6 Å². The van der Waals surface area contributed by atoms with Crippen molar-refractivity contribution >= 4 is 45.7 Å². The number of carbonyl (C=O) groups is 1. The third-order valence-electron chi connectivity index (χ3n) is 5.70. The van der Waals surface area contributed by atoms with Crippen LogP contribution in [0, 0.1) is 0 Å². The number of carbonyl (C=O) groups excluding carboxylic acids is 1. The Kier molecular flexibility index (Phi) is 5.34. The zero-order valence-corrected chi connectivity index (χ0v) is 19.6. The molecule has 0 aliphatic heterocycles. The van der Waals surface area contributed by atoms with Crippen LogP contribution >= 0.6 is 11.6 Å². The molecule has 0 saturated heterocycles. The highest BCUT2D eigenvalue weighted by molar-refractivity contribution is 6.31. The second-order valence-corrected chi connectivity index (χ2v) is 8.53. The maximum atomic E-state index is 13.3. The molecule has 0 aliphatic rings. The minimum Gasteiger partial charge on any atom is -0.461 e. The van der Waals surface area contributed by atoms with Crippen molar-refractivity contribution in [2.75, 3.05) is 11.1 Å². The number of amides is 1. The maximum Gasteiger partial charge on any atom is 0.293 e.